The molecule has 0 radical (unpaired) electrons. The molecule has 1 aliphatic rings. The zero-order chi connectivity index (χ0) is 37.8. The second kappa shape index (κ2) is 12.0. The summed E-state index contributed by atoms with van der Waals surface area (Å²) in [6, 6.07) is 54.4. The van der Waals surface area contributed by atoms with Crippen LogP contribution in [0.15, 0.2) is 156 Å². The minimum Gasteiger partial charge on any atom is -0.438 e. The third-order valence-corrected chi connectivity index (χ3v) is 12.5. The van der Waals surface area contributed by atoms with Crippen LogP contribution >= 0.6 is 0 Å². The van der Waals surface area contributed by atoms with Gasteiger partial charge in [-0.2, -0.15) is 4.98 Å². The lowest BCUT2D eigenvalue weighted by Gasteiger charge is -2.42. The van der Waals surface area contributed by atoms with Gasteiger partial charge in [-0.3, -0.25) is 0 Å². The number of benzene rings is 7. The van der Waals surface area contributed by atoms with Gasteiger partial charge in [0.2, 0.25) is 5.71 Å². The number of hydrogen-bond acceptors (Lipinski definition) is 3. The van der Waals surface area contributed by atoms with E-state index in [-0.39, 0.29) is 10.8 Å². The van der Waals surface area contributed by atoms with Gasteiger partial charge in [0.25, 0.3) is 0 Å². The molecule has 4 heteroatoms. The summed E-state index contributed by atoms with van der Waals surface area (Å²) in [6.07, 6.45) is 2.36. The highest BCUT2D eigenvalue weighted by Crippen LogP contribution is 2.49. The zero-order valence-corrected chi connectivity index (χ0v) is 32.1. The van der Waals surface area contributed by atoms with Gasteiger partial charge >= 0.3 is 0 Å². The Labute approximate surface area is 326 Å². The van der Waals surface area contributed by atoms with Gasteiger partial charge in [0.15, 0.2) is 5.82 Å². The summed E-state index contributed by atoms with van der Waals surface area (Å²) in [5.74, 6) is 0.640. The topological polar surface area (TPSA) is 43.9 Å². The van der Waals surface area contributed by atoms with E-state index in [1.165, 1.54) is 51.3 Å². The minimum atomic E-state index is 0.0957. The molecule has 0 aliphatic heterocycles. The fourth-order valence-corrected chi connectivity index (χ4v) is 9.38. The molecule has 0 amide bonds. The molecule has 7 aromatic carbocycles. The summed E-state index contributed by atoms with van der Waals surface area (Å²) < 4.78 is 8.97. The van der Waals surface area contributed by atoms with Gasteiger partial charge in [-0.05, 0) is 81.6 Å². The lowest BCUT2D eigenvalue weighted by Crippen LogP contribution is -2.33. The van der Waals surface area contributed by atoms with Crippen molar-refractivity contribution in [2.45, 2.75) is 51.4 Å². The van der Waals surface area contributed by atoms with Crippen LogP contribution in [0.1, 0.15) is 51.7 Å². The summed E-state index contributed by atoms with van der Waals surface area (Å²) in [6.45, 7) is 9.65. The third-order valence-electron chi connectivity index (χ3n) is 12.5. The normalized spacial score (nSPS) is 14.9. The molecule has 270 valence electrons. The van der Waals surface area contributed by atoms with Crippen LogP contribution in [0.25, 0.3) is 94.1 Å². The Hall–Kier alpha value is -6.52. The van der Waals surface area contributed by atoms with Crippen molar-refractivity contribution >= 4 is 54.6 Å². The molecule has 0 bridgehead atoms. The fourth-order valence-electron chi connectivity index (χ4n) is 9.38. The predicted molar refractivity (Wildman–Crippen MR) is 233 cm³/mol. The first-order valence-corrected chi connectivity index (χ1v) is 19.7. The number of para-hydroxylation sites is 2. The van der Waals surface area contributed by atoms with E-state index in [1.54, 1.807) is 0 Å². The molecule has 10 aromatic rings. The van der Waals surface area contributed by atoms with Crippen molar-refractivity contribution in [2.24, 2.45) is 0 Å². The molecule has 1 aliphatic carbocycles. The quantitative estimate of drug-likeness (QED) is 0.182. The van der Waals surface area contributed by atoms with Gasteiger partial charge in [-0.15, -0.1) is 0 Å². The van der Waals surface area contributed by atoms with Crippen LogP contribution in [0.3, 0.4) is 0 Å². The van der Waals surface area contributed by atoms with Crippen LogP contribution < -0.4 is 0 Å². The zero-order valence-electron chi connectivity index (χ0n) is 32.1. The Kier molecular flexibility index (Phi) is 7.04. The first kappa shape index (κ1) is 32.9. The highest BCUT2D eigenvalue weighted by molar-refractivity contribution is 6.13. The van der Waals surface area contributed by atoms with Gasteiger partial charge in [0.1, 0.15) is 5.58 Å². The summed E-state index contributed by atoms with van der Waals surface area (Å²) in [5.41, 5.74) is 13.3. The largest absolute Gasteiger partial charge is 0.438 e. The minimum absolute atomic E-state index is 0.0957. The number of nitrogens with zero attached hydrogens (tertiary/aromatic N) is 3. The van der Waals surface area contributed by atoms with Gasteiger partial charge in [-0.1, -0.05) is 149 Å². The smallest absolute Gasteiger partial charge is 0.231 e. The summed E-state index contributed by atoms with van der Waals surface area (Å²) in [5, 5.41) is 6.76. The van der Waals surface area contributed by atoms with Crippen LogP contribution in [0.5, 0.6) is 0 Å². The standard InChI is InChI=1S/C52H41N3O/c1-51(2)28-29-52(3,4)42-31-45-40(30-41(42)51)37-16-8-10-21-43(37)55(45)44-22-13-18-35-36(44)19-12-20-38(35)49-53-48(47-39-17-9-11-23-46(39)56-50(47)54-49)34-26-24-33(25-27-34)32-14-6-5-7-15-32/h5-27,30-31H,28-29H2,1-4H3. The monoisotopic (exact) mass is 723 g/mol. The summed E-state index contributed by atoms with van der Waals surface area (Å²) >= 11 is 0. The van der Waals surface area contributed by atoms with Crippen molar-refractivity contribution in [2.75, 3.05) is 0 Å². The Morgan fingerprint density at radius 2 is 1.12 bits per heavy atom. The molecule has 0 spiro atoms. The molecule has 0 saturated carbocycles. The molecule has 0 atom stereocenters. The maximum Gasteiger partial charge on any atom is 0.231 e. The van der Waals surface area contributed by atoms with E-state index in [0.717, 1.165) is 55.2 Å². The van der Waals surface area contributed by atoms with E-state index in [9.17, 15) is 0 Å². The van der Waals surface area contributed by atoms with Crippen molar-refractivity contribution in [3.8, 4) is 39.5 Å². The van der Waals surface area contributed by atoms with Crippen LogP contribution in [0, 0.1) is 0 Å². The van der Waals surface area contributed by atoms with Crippen molar-refractivity contribution in [1.29, 1.82) is 0 Å². The van der Waals surface area contributed by atoms with E-state index < -0.39 is 0 Å². The number of hydrogen-bond donors (Lipinski definition) is 0. The fraction of sp³-hybridized carbons (Fsp3) is 0.154. The first-order chi connectivity index (χ1) is 27.2. The molecule has 0 fully saturated rings. The maximum atomic E-state index is 6.48. The highest BCUT2D eigenvalue weighted by Gasteiger charge is 2.38. The summed E-state index contributed by atoms with van der Waals surface area (Å²) in [4.78, 5) is 10.6. The molecule has 56 heavy (non-hydrogen) atoms. The van der Waals surface area contributed by atoms with Crippen LogP contribution in [-0.4, -0.2) is 14.5 Å². The number of rotatable bonds is 4. The van der Waals surface area contributed by atoms with Gasteiger partial charge in [0.05, 0.1) is 27.8 Å². The van der Waals surface area contributed by atoms with E-state index in [4.69, 9.17) is 14.4 Å². The lowest BCUT2D eigenvalue weighted by atomic mass is 9.63. The summed E-state index contributed by atoms with van der Waals surface area (Å²) in [7, 11) is 0. The Morgan fingerprint density at radius 3 is 1.93 bits per heavy atom. The van der Waals surface area contributed by atoms with E-state index in [1.807, 2.05) is 24.3 Å². The maximum absolute atomic E-state index is 6.48. The molecular formula is C52H41N3O. The van der Waals surface area contributed by atoms with Crippen LogP contribution in [0.4, 0.5) is 0 Å². The van der Waals surface area contributed by atoms with Crippen molar-refractivity contribution < 1.29 is 4.42 Å². The van der Waals surface area contributed by atoms with Gasteiger partial charge < -0.3 is 8.98 Å². The van der Waals surface area contributed by atoms with E-state index >= 15 is 0 Å². The predicted octanol–water partition coefficient (Wildman–Crippen LogP) is 14.0. The van der Waals surface area contributed by atoms with Crippen molar-refractivity contribution in [1.82, 2.24) is 14.5 Å². The average molecular weight is 724 g/mol. The third kappa shape index (κ3) is 4.91. The Balaban J connectivity index is 1.14. The SMILES string of the molecule is CC1(C)CCC(C)(C)c2cc3c(cc21)c1ccccc1n3-c1cccc2c(-c3nc(-c4ccc(-c5ccccc5)cc4)c4c(n3)oc3ccccc34)cccc12. The molecule has 3 aromatic heterocycles. The van der Waals surface area contributed by atoms with Crippen LogP contribution in [-0.2, 0) is 10.8 Å². The second-order valence-corrected chi connectivity index (χ2v) is 16.8. The molecule has 0 saturated heterocycles. The average Bonchev–Trinajstić information content (AvgIpc) is 3.77. The molecule has 11 rings (SSSR count). The van der Waals surface area contributed by atoms with Crippen molar-refractivity contribution in [3.63, 3.8) is 0 Å². The Morgan fingerprint density at radius 1 is 0.500 bits per heavy atom. The number of fused-ring (bicyclic) bond motifs is 8. The highest BCUT2D eigenvalue weighted by atomic mass is 16.3. The van der Waals surface area contributed by atoms with Gasteiger partial charge in [-0.25, -0.2) is 4.98 Å². The van der Waals surface area contributed by atoms with Crippen LogP contribution in [0.2, 0.25) is 0 Å². The number of aromatic nitrogens is 3. The molecule has 0 N–H and O–H groups in total. The molecular weight excluding hydrogens is 683 g/mol. The van der Waals surface area contributed by atoms with Gasteiger partial charge in [0, 0.05) is 32.7 Å². The molecule has 4 nitrogen and oxygen atoms in total. The second-order valence-electron chi connectivity index (χ2n) is 16.8. The first-order valence-electron chi connectivity index (χ1n) is 19.7. The lowest BCUT2D eigenvalue weighted by molar-refractivity contribution is 0.332. The van der Waals surface area contributed by atoms with Crippen molar-refractivity contribution in [3.05, 3.63) is 163 Å². The Bertz CT molecular complexity index is 3180. The van der Waals surface area contributed by atoms with E-state index in [2.05, 4.69) is 160 Å². The molecule has 0 unspecified atom stereocenters. The molecule has 3 heterocycles. The van der Waals surface area contributed by atoms with E-state index in [0.29, 0.717) is 11.5 Å². The number of furan rings is 1.